The Hall–Kier alpha value is -2.56. The highest BCUT2D eigenvalue weighted by molar-refractivity contribution is 5.38. The van der Waals surface area contributed by atoms with Gasteiger partial charge in [-0.25, -0.2) is 4.68 Å². The number of para-hydroxylation sites is 1. The van der Waals surface area contributed by atoms with Crippen molar-refractivity contribution in [1.82, 2.24) is 19.6 Å². The molecule has 0 bridgehead atoms. The van der Waals surface area contributed by atoms with E-state index in [1.165, 1.54) is 0 Å². The third-order valence-corrected chi connectivity index (χ3v) is 3.10. The van der Waals surface area contributed by atoms with Crippen molar-refractivity contribution < 1.29 is 0 Å². The summed E-state index contributed by atoms with van der Waals surface area (Å²) >= 11 is 0. The van der Waals surface area contributed by atoms with E-state index in [2.05, 4.69) is 22.4 Å². The minimum absolute atomic E-state index is 0.690. The molecule has 2 heterocycles. The second-order valence-electron chi connectivity index (χ2n) is 4.53. The minimum atomic E-state index is 0.690. The molecule has 3 aromatic rings. The average molecular weight is 267 g/mol. The van der Waals surface area contributed by atoms with Gasteiger partial charge in [0.25, 0.3) is 0 Å². The summed E-state index contributed by atoms with van der Waals surface area (Å²) in [5, 5.41) is 12.1. The molecule has 0 radical (unpaired) electrons. The molecule has 1 aromatic carbocycles. The summed E-state index contributed by atoms with van der Waals surface area (Å²) in [4.78, 5) is 0. The summed E-state index contributed by atoms with van der Waals surface area (Å²) in [7, 11) is 0. The third kappa shape index (κ3) is 2.71. The fourth-order valence-corrected chi connectivity index (χ4v) is 2.00. The molecule has 5 heteroatoms. The molecular weight excluding hydrogens is 250 g/mol. The van der Waals surface area contributed by atoms with Gasteiger partial charge in [-0.2, -0.15) is 10.2 Å². The molecule has 0 fully saturated rings. The Kier molecular flexibility index (Phi) is 3.50. The quantitative estimate of drug-likeness (QED) is 0.773. The van der Waals surface area contributed by atoms with Crippen molar-refractivity contribution in [3.63, 3.8) is 0 Å². The molecule has 2 aromatic heterocycles. The molecule has 0 aliphatic carbocycles. The maximum atomic E-state index is 4.55. The lowest BCUT2D eigenvalue weighted by Gasteiger charge is -2.01. The summed E-state index contributed by atoms with van der Waals surface area (Å²) in [5.41, 5.74) is 3.08. The summed E-state index contributed by atoms with van der Waals surface area (Å²) in [6.45, 7) is 3.64. The van der Waals surface area contributed by atoms with Crippen LogP contribution in [0.4, 0.5) is 5.69 Å². The van der Waals surface area contributed by atoms with Crippen LogP contribution in [0.15, 0.2) is 55.0 Å². The highest BCUT2D eigenvalue weighted by Crippen LogP contribution is 2.09. The number of hydrogen-bond donors (Lipinski definition) is 1. The molecule has 102 valence electrons. The maximum absolute atomic E-state index is 4.55. The fraction of sp³-hybridized carbons (Fsp3) is 0.200. The van der Waals surface area contributed by atoms with E-state index in [4.69, 9.17) is 0 Å². The number of nitrogens with zero attached hydrogens (tertiary/aromatic N) is 4. The predicted molar refractivity (Wildman–Crippen MR) is 78.8 cm³/mol. The number of nitrogens with one attached hydrogen (secondary N) is 1. The van der Waals surface area contributed by atoms with Crippen LogP contribution in [0.1, 0.15) is 12.6 Å². The number of anilines is 1. The second kappa shape index (κ2) is 5.61. The standard InChI is InChI=1S/C15H17N5/c1-2-19-12-14(11-17-19)16-10-13-8-9-20(18-13)15-6-4-3-5-7-15/h3-9,11-12,16H,2,10H2,1H3. The van der Waals surface area contributed by atoms with Gasteiger partial charge >= 0.3 is 0 Å². The summed E-state index contributed by atoms with van der Waals surface area (Å²) in [6, 6.07) is 12.1. The van der Waals surface area contributed by atoms with Crippen LogP contribution in [-0.2, 0) is 13.1 Å². The SMILES string of the molecule is CCn1cc(NCc2ccn(-c3ccccc3)n2)cn1. The van der Waals surface area contributed by atoms with Gasteiger partial charge < -0.3 is 5.32 Å². The fourth-order valence-electron chi connectivity index (χ4n) is 2.00. The van der Waals surface area contributed by atoms with E-state index in [0.717, 1.165) is 23.6 Å². The van der Waals surface area contributed by atoms with E-state index >= 15 is 0 Å². The van der Waals surface area contributed by atoms with Gasteiger partial charge in [0.05, 0.1) is 29.8 Å². The summed E-state index contributed by atoms with van der Waals surface area (Å²) < 4.78 is 3.78. The summed E-state index contributed by atoms with van der Waals surface area (Å²) in [6.07, 6.45) is 5.80. The van der Waals surface area contributed by atoms with Crippen LogP contribution in [0, 0.1) is 0 Å². The molecule has 1 N–H and O–H groups in total. The Morgan fingerprint density at radius 1 is 1.15 bits per heavy atom. The molecule has 0 aliphatic rings. The van der Waals surface area contributed by atoms with Gasteiger partial charge in [-0.1, -0.05) is 18.2 Å². The number of rotatable bonds is 5. The van der Waals surface area contributed by atoms with Crippen molar-refractivity contribution in [2.24, 2.45) is 0 Å². The summed E-state index contributed by atoms with van der Waals surface area (Å²) in [5.74, 6) is 0. The van der Waals surface area contributed by atoms with Gasteiger partial charge in [-0.05, 0) is 25.1 Å². The second-order valence-corrected chi connectivity index (χ2v) is 4.53. The maximum Gasteiger partial charge on any atom is 0.0819 e. The normalized spacial score (nSPS) is 10.7. The monoisotopic (exact) mass is 267 g/mol. The predicted octanol–water partition coefficient (Wildman–Crippen LogP) is 2.70. The minimum Gasteiger partial charge on any atom is -0.377 e. The van der Waals surface area contributed by atoms with Gasteiger partial charge in [0.1, 0.15) is 0 Å². The zero-order valence-electron chi connectivity index (χ0n) is 11.4. The Labute approximate surface area is 117 Å². The highest BCUT2D eigenvalue weighted by Gasteiger charge is 2.02. The van der Waals surface area contributed by atoms with Crippen LogP contribution in [0.25, 0.3) is 5.69 Å². The number of aryl methyl sites for hydroxylation is 1. The van der Waals surface area contributed by atoms with Crippen molar-refractivity contribution in [3.8, 4) is 5.69 Å². The molecule has 0 amide bonds. The largest absolute Gasteiger partial charge is 0.377 e. The van der Waals surface area contributed by atoms with Crippen LogP contribution in [0.3, 0.4) is 0 Å². The lowest BCUT2D eigenvalue weighted by atomic mass is 10.3. The Bertz CT molecular complexity index is 668. The van der Waals surface area contributed by atoms with Crippen LogP contribution >= 0.6 is 0 Å². The van der Waals surface area contributed by atoms with Crippen molar-refractivity contribution in [3.05, 3.63) is 60.7 Å². The Balaban J connectivity index is 1.65. The van der Waals surface area contributed by atoms with Crippen LogP contribution < -0.4 is 5.32 Å². The molecular formula is C15H17N5. The van der Waals surface area contributed by atoms with Crippen LogP contribution in [-0.4, -0.2) is 19.6 Å². The molecule has 5 nitrogen and oxygen atoms in total. The third-order valence-electron chi connectivity index (χ3n) is 3.10. The Morgan fingerprint density at radius 2 is 2.00 bits per heavy atom. The molecule has 0 saturated carbocycles. The molecule has 3 rings (SSSR count). The molecule has 0 aliphatic heterocycles. The van der Waals surface area contributed by atoms with E-state index in [9.17, 15) is 0 Å². The molecule has 0 saturated heterocycles. The van der Waals surface area contributed by atoms with E-state index in [1.807, 2.05) is 64.4 Å². The lowest BCUT2D eigenvalue weighted by Crippen LogP contribution is -2.01. The smallest absolute Gasteiger partial charge is 0.0819 e. The van der Waals surface area contributed by atoms with Gasteiger partial charge in [0.2, 0.25) is 0 Å². The van der Waals surface area contributed by atoms with Gasteiger partial charge in [-0.3, -0.25) is 4.68 Å². The first-order valence-corrected chi connectivity index (χ1v) is 6.71. The first-order valence-electron chi connectivity index (χ1n) is 6.71. The average Bonchev–Trinajstić information content (AvgIpc) is 3.15. The number of hydrogen-bond acceptors (Lipinski definition) is 3. The van der Waals surface area contributed by atoms with Crippen molar-refractivity contribution in [2.75, 3.05) is 5.32 Å². The lowest BCUT2D eigenvalue weighted by molar-refractivity contribution is 0.660. The van der Waals surface area contributed by atoms with Gasteiger partial charge in [-0.15, -0.1) is 0 Å². The van der Waals surface area contributed by atoms with E-state index < -0.39 is 0 Å². The van der Waals surface area contributed by atoms with Crippen LogP contribution in [0.5, 0.6) is 0 Å². The first-order chi connectivity index (χ1) is 9.85. The van der Waals surface area contributed by atoms with E-state index in [0.29, 0.717) is 6.54 Å². The molecule has 0 spiro atoms. The van der Waals surface area contributed by atoms with E-state index in [-0.39, 0.29) is 0 Å². The van der Waals surface area contributed by atoms with Crippen molar-refractivity contribution >= 4 is 5.69 Å². The van der Waals surface area contributed by atoms with Gasteiger partial charge in [0.15, 0.2) is 0 Å². The first kappa shape index (κ1) is 12.5. The van der Waals surface area contributed by atoms with Crippen molar-refractivity contribution in [1.29, 1.82) is 0 Å². The Morgan fingerprint density at radius 3 is 2.75 bits per heavy atom. The van der Waals surface area contributed by atoms with Gasteiger partial charge in [0, 0.05) is 18.9 Å². The highest BCUT2D eigenvalue weighted by atomic mass is 15.3. The van der Waals surface area contributed by atoms with Crippen molar-refractivity contribution in [2.45, 2.75) is 20.0 Å². The van der Waals surface area contributed by atoms with E-state index in [1.54, 1.807) is 0 Å². The zero-order chi connectivity index (χ0) is 13.8. The number of benzene rings is 1. The zero-order valence-corrected chi connectivity index (χ0v) is 11.4. The molecule has 20 heavy (non-hydrogen) atoms. The topological polar surface area (TPSA) is 47.7 Å². The number of aromatic nitrogens is 4. The molecule has 0 atom stereocenters. The van der Waals surface area contributed by atoms with Crippen LogP contribution in [0.2, 0.25) is 0 Å². The molecule has 0 unspecified atom stereocenters.